The highest BCUT2D eigenvalue weighted by molar-refractivity contribution is 7.13. The molecule has 1 saturated heterocycles. The van der Waals surface area contributed by atoms with Crippen molar-refractivity contribution in [2.45, 2.75) is 38.8 Å². The molecule has 2 heterocycles. The molecule has 0 aromatic carbocycles. The second-order valence-corrected chi connectivity index (χ2v) is 5.93. The van der Waals surface area contributed by atoms with E-state index in [1.54, 1.807) is 6.20 Å². The maximum Gasteiger partial charge on any atom is 0.323 e. The highest BCUT2D eigenvalue weighted by Gasteiger charge is 2.29. The molecule has 106 valence electrons. The minimum absolute atomic E-state index is 0.0582. The normalized spacial score (nSPS) is 24.2. The minimum Gasteiger partial charge on any atom is -0.324 e. The first-order chi connectivity index (χ1) is 9.11. The summed E-state index contributed by atoms with van der Waals surface area (Å²) in [4.78, 5) is 20.5. The number of amides is 2. The van der Waals surface area contributed by atoms with Crippen molar-refractivity contribution in [3.05, 3.63) is 11.6 Å². The van der Waals surface area contributed by atoms with Gasteiger partial charge >= 0.3 is 6.03 Å². The molecule has 0 bridgehead atoms. The summed E-state index contributed by atoms with van der Waals surface area (Å²) < 4.78 is 0. The maximum absolute atomic E-state index is 12.1. The fourth-order valence-electron chi connectivity index (χ4n) is 2.65. The van der Waals surface area contributed by atoms with Crippen molar-refractivity contribution in [1.29, 1.82) is 0 Å². The number of aromatic nitrogens is 1. The second-order valence-electron chi connectivity index (χ2n) is 5.03. The third kappa shape index (κ3) is 3.45. The van der Waals surface area contributed by atoms with E-state index < -0.39 is 0 Å². The predicted molar refractivity (Wildman–Crippen MR) is 78.6 cm³/mol. The lowest BCUT2D eigenvalue weighted by molar-refractivity contribution is 0.104. The van der Waals surface area contributed by atoms with Crippen LogP contribution in [-0.4, -0.2) is 53.0 Å². The van der Waals surface area contributed by atoms with Crippen LogP contribution in [0.3, 0.4) is 0 Å². The van der Waals surface area contributed by atoms with E-state index in [9.17, 15) is 4.79 Å². The number of hydrogen-bond donors (Lipinski definition) is 1. The van der Waals surface area contributed by atoms with Crippen LogP contribution in [-0.2, 0) is 0 Å². The van der Waals surface area contributed by atoms with Crippen molar-refractivity contribution in [2.24, 2.45) is 0 Å². The molecule has 0 unspecified atom stereocenters. The summed E-state index contributed by atoms with van der Waals surface area (Å²) >= 11 is 1.44. The number of carbonyl (C=O) groups is 1. The summed E-state index contributed by atoms with van der Waals surface area (Å²) in [6, 6.07) is 0.800. The lowest BCUT2D eigenvalue weighted by atomic mass is 9.97. The number of carbonyl (C=O) groups excluding carboxylic acids is 1. The lowest BCUT2D eigenvalue weighted by Crippen LogP contribution is -2.50. The number of nitrogens with one attached hydrogen (secondary N) is 1. The smallest absolute Gasteiger partial charge is 0.323 e. The van der Waals surface area contributed by atoms with Crippen LogP contribution >= 0.6 is 11.3 Å². The average Bonchev–Trinajstić information content (AvgIpc) is 2.90. The molecule has 0 spiro atoms. The first-order valence-electron chi connectivity index (χ1n) is 6.79. The molecule has 0 aliphatic carbocycles. The number of nitrogens with zero attached hydrogens (tertiary/aromatic N) is 3. The van der Waals surface area contributed by atoms with Gasteiger partial charge in [0.25, 0.3) is 0 Å². The van der Waals surface area contributed by atoms with E-state index in [2.05, 4.69) is 29.0 Å². The number of likely N-dealkylation sites (tertiary alicyclic amines) is 1. The van der Waals surface area contributed by atoms with Crippen LogP contribution in [0.1, 0.15) is 26.7 Å². The molecule has 2 amide bonds. The number of hydrogen-bond acceptors (Lipinski definition) is 4. The van der Waals surface area contributed by atoms with Gasteiger partial charge in [0.05, 0.1) is 0 Å². The lowest BCUT2D eigenvalue weighted by Gasteiger charge is -2.40. The van der Waals surface area contributed by atoms with Crippen molar-refractivity contribution in [3.8, 4) is 0 Å². The fourth-order valence-corrected chi connectivity index (χ4v) is 3.17. The van der Waals surface area contributed by atoms with E-state index in [-0.39, 0.29) is 6.03 Å². The molecular formula is C13H22N4OS. The molecule has 1 N–H and O–H groups in total. The van der Waals surface area contributed by atoms with Gasteiger partial charge in [0, 0.05) is 37.3 Å². The third-order valence-corrected chi connectivity index (χ3v) is 4.60. The predicted octanol–water partition coefficient (Wildman–Crippen LogP) is 2.48. The van der Waals surface area contributed by atoms with Crippen LogP contribution in [0, 0.1) is 0 Å². The molecule has 0 saturated carbocycles. The van der Waals surface area contributed by atoms with Crippen LogP contribution in [0.25, 0.3) is 0 Å². The molecule has 0 radical (unpaired) electrons. The van der Waals surface area contributed by atoms with Gasteiger partial charge < -0.3 is 9.80 Å². The molecular weight excluding hydrogens is 260 g/mol. The van der Waals surface area contributed by atoms with E-state index in [0.717, 1.165) is 25.9 Å². The van der Waals surface area contributed by atoms with Crippen LogP contribution < -0.4 is 5.32 Å². The molecule has 2 rings (SSSR count). The van der Waals surface area contributed by atoms with Gasteiger partial charge in [-0.2, -0.15) is 0 Å². The Morgan fingerprint density at radius 2 is 2.47 bits per heavy atom. The standard InChI is InChI=1S/C13H22N4OS/c1-4-17-7-5-11(9-10(17)2)16(3)13(18)15-12-14-6-8-19-12/h6,8,10-11H,4-5,7,9H2,1-3H3,(H,14,15,18)/t10-,11+/m1/s1. The van der Waals surface area contributed by atoms with Crippen molar-refractivity contribution < 1.29 is 4.79 Å². The molecule has 1 aliphatic heterocycles. The van der Waals surface area contributed by atoms with E-state index >= 15 is 0 Å². The summed E-state index contributed by atoms with van der Waals surface area (Å²) in [5.74, 6) is 0. The van der Waals surface area contributed by atoms with Crippen LogP contribution in [0.2, 0.25) is 0 Å². The van der Waals surface area contributed by atoms with Gasteiger partial charge in [-0.25, -0.2) is 9.78 Å². The number of anilines is 1. The summed E-state index contributed by atoms with van der Waals surface area (Å²) in [6.45, 7) is 6.58. The molecule has 1 aliphatic rings. The minimum atomic E-state index is -0.0582. The Hall–Kier alpha value is -1.14. The van der Waals surface area contributed by atoms with Crippen molar-refractivity contribution in [3.63, 3.8) is 0 Å². The molecule has 5 nitrogen and oxygen atoms in total. The Balaban J connectivity index is 1.89. The van der Waals surface area contributed by atoms with Crippen LogP contribution in [0.5, 0.6) is 0 Å². The average molecular weight is 282 g/mol. The monoisotopic (exact) mass is 282 g/mol. The topological polar surface area (TPSA) is 48.5 Å². The maximum atomic E-state index is 12.1. The SMILES string of the molecule is CCN1CC[C@H](N(C)C(=O)Nc2nccs2)C[C@H]1C. The molecule has 6 heteroatoms. The van der Waals surface area contributed by atoms with Crippen molar-refractivity contribution in [2.75, 3.05) is 25.5 Å². The second kappa shape index (κ2) is 6.34. The number of piperidine rings is 1. The van der Waals surface area contributed by atoms with E-state index in [0.29, 0.717) is 17.2 Å². The van der Waals surface area contributed by atoms with Gasteiger partial charge in [0.2, 0.25) is 0 Å². The molecule has 1 aromatic rings. The number of urea groups is 1. The summed E-state index contributed by atoms with van der Waals surface area (Å²) in [7, 11) is 1.88. The number of rotatable bonds is 3. The highest BCUT2D eigenvalue weighted by Crippen LogP contribution is 2.21. The third-order valence-electron chi connectivity index (χ3n) is 3.91. The first kappa shape index (κ1) is 14.3. The van der Waals surface area contributed by atoms with Crippen LogP contribution in [0.4, 0.5) is 9.93 Å². The van der Waals surface area contributed by atoms with Crippen molar-refractivity contribution in [1.82, 2.24) is 14.8 Å². The summed E-state index contributed by atoms with van der Waals surface area (Å²) in [5.41, 5.74) is 0. The first-order valence-corrected chi connectivity index (χ1v) is 7.67. The molecule has 19 heavy (non-hydrogen) atoms. The highest BCUT2D eigenvalue weighted by atomic mass is 32.1. The Kier molecular flexibility index (Phi) is 4.76. The van der Waals surface area contributed by atoms with Gasteiger partial charge in [-0.15, -0.1) is 11.3 Å². The molecule has 1 fully saturated rings. The largest absolute Gasteiger partial charge is 0.324 e. The van der Waals surface area contributed by atoms with E-state index in [1.807, 2.05) is 17.3 Å². The van der Waals surface area contributed by atoms with Gasteiger partial charge in [0.15, 0.2) is 5.13 Å². The van der Waals surface area contributed by atoms with Crippen molar-refractivity contribution >= 4 is 22.5 Å². The van der Waals surface area contributed by atoms with Gasteiger partial charge in [-0.1, -0.05) is 6.92 Å². The Morgan fingerprint density at radius 1 is 1.68 bits per heavy atom. The van der Waals surface area contributed by atoms with Gasteiger partial charge in [0.1, 0.15) is 0 Å². The summed E-state index contributed by atoms with van der Waals surface area (Å²) in [5, 5.41) is 5.36. The quantitative estimate of drug-likeness (QED) is 0.926. The van der Waals surface area contributed by atoms with E-state index in [4.69, 9.17) is 0 Å². The molecule has 1 aromatic heterocycles. The van der Waals surface area contributed by atoms with Gasteiger partial charge in [-0.3, -0.25) is 5.32 Å². The Bertz CT molecular complexity index is 409. The molecule has 2 atom stereocenters. The van der Waals surface area contributed by atoms with Gasteiger partial charge in [-0.05, 0) is 26.3 Å². The zero-order chi connectivity index (χ0) is 13.8. The van der Waals surface area contributed by atoms with Crippen LogP contribution in [0.15, 0.2) is 11.6 Å². The summed E-state index contributed by atoms with van der Waals surface area (Å²) in [6.07, 6.45) is 3.78. The zero-order valence-electron chi connectivity index (χ0n) is 11.8. The zero-order valence-corrected chi connectivity index (χ0v) is 12.6. The Morgan fingerprint density at radius 3 is 3.05 bits per heavy atom. The fraction of sp³-hybridized carbons (Fsp3) is 0.692. The van der Waals surface area contributed by atoms with E-state index in [1.165, 1.54) is 11.3 Å². The Labute approximate surface area is 118 Å². The number of thiazole rings is 1.